The molecule has 1 heterocycles. The van der Waals surface area contributed by atoms with Crippen LogP contribution in [0.25, 0.3) is 0 Å². The van der Waals surface area contributed by atoms with Crippen LogP contribution in [0.3, 0.4) is 0 Å². The fourth-order valence-electron chi connectivity index (χ4n) is 1.53. The maximum atomic E-state index is 4.80. The van der Waals surface area contributed by atoms with Gasteiger partial charge in [-0.1, -0.05) is 0 Å². The Labute approximate surface area is 120 Å². The molecular formula is C10H24Cl2MnN4. The Morgan fingerprint density at radius 3 is 1.00 bits per heavy atom. The Kier molecular flexibility index (Phi) is 17.9. The molecule has 0 radical (unpaired) electrons. The van der Waals surface area contributed by atoms with Gasteiger partial charge in [-0.2, -0.15) is 0 Å². The molecule has 1 fully saturated rings. The van der Waals surface area contributed by atoms with Crippen molar-refractivity contribution in [3.8, 4) is 0 Å². The summed E-state index contributed by atoms with van der Waals surface area (Å²) in [5.74, 6) is 0. The van der Waals surface area contributed by atoms with Crippen LogP contribution in [-0.2, 0) is 13.1 Å². The molecule has 0 aromatic carbocycles. The number of hydrogen-bond acceptors (Lipinski definition) is 4. The first-order valence-corrected chi connectivity index (χ1v) is 9.36. The van der Waals surface area contributed by atoms with Crippen LogP contribution < -0.4 is 21.3 Å². The van der Waals surface area contributed by atoms with E-state index in [1.165, 1.54) is 12.8 Å². The first-order chi connectivity index (χ1) is 8.41. The van der Waals surface area contributed by atoms with Crippen LogP contribution in [0.1, 0.15) is 12.8 Å². The molecule has 0 saturated carbocycles. The van der Waals surface area contributed by atoms with Gasteiger partial charge in [0.15, 0.2) is 0 Å². The first kappa shape index (κ1) is 17.9. The quantitative estimate of drug-likeness (QED) is 0.490. The fourth-order valence-corrected chi connectivity index (χ4v) is 1.53. The SMILES string of the molecule is C1CNCCNCCCNCCNC1.[Cl][Mn][Cl]. The van der Waals surface area contributed by atoms with E-state index >= 15 is 0 Å². The Hall–Kier alpha value is 0.939. The van der Waals surface area contributed by atoms with E-state index in [-0.39, 0.29) is 13.1 Å². The van der Waals surface area contributed by atoms with Gasteiger partial charge >= 0.3 is 33.3 Å². The Bertz CT molecular complexity index is 90.2. The van der Waals surface area contributed by atoms with Crippen molar-refractivity contribution in [3.05, 3.63) is 0 Å². The van der Waals surface area contributed by atoms with Crippen LogP contribution in [0.5, 0.6) is 0 Å². The Balaban J connectivity index is 0.000000770. The predicted octanol–water partition coefficient (Wildman–Crippen LogP) is 0.515. The van der Waals surface area contributed by atoms with Crippen LogP contribution in [-0.4, -0.2) is 52.4 Å². The molecule has 1 saturated heterocycles. The third kappa shape index (κ3) is 16.9. The van der Waals surface area contributed by atoms with Gasteiger partial charge in [0.25, 0.3) is 0 Å². The molecule has 105 valence electrons. The molecule has 1 aliphatic rings. The van der Waals surface area contributed by atoms with Gasteiger partial charge in [0.1, 0.15) is 0 Å². The monoisotopic (exact) mass is 325 g/mol. The van der Waals surface area contributed by atoms with Gasteiger partial charge in [0.05, 0.1) is 0 Å². The van der Waals surface area contributed by atoms with Crippen molar-refractivity contribution in [3.63, 3.8) is 0 Å². The van der Waals surface area contributed by atoms with Gasteiger partial charge in [0.2, 0.25) is 0 Å². The predicted molar refractivity (Wildman–Crippen MR) is 72.4 cm³/mol. The Morgan fingerprint density at radius 2 is 0.765 bits per heavy atom. The molecule has 1 rings (SSSR count). The molecule has 0 atom stereocenters. The van der Waals surface area contributed by atoms with E-state index in [1.54, 1.807) is 0 Å². The Morgan fingerprint density at radius 1 is 0.529 bits per heavy atom. The summed E-state index contributed by atoms with van der Waals surface area (Å²) in [5.41, 5.74) is 0. The van der Waals surface area contributed by atoms with E-state index in [0.717, 1.165) is 52.4 Å². The second-order valence-electron chi connectivity index (χ2n) is 3.76. The molecular weight excluding hydrogens is 302 g/mol. The molecule has 0 amide bonds. The summed E-state index contributed by atoms with van der Waals surface area (Å²) >= 11 is 0.00694. The number of nitrogens with one attached hydrogen (secondary N) is 4. The van der Waals surface area contributed by atoms with Crippen LogP contribution in [0, 0.1) is 0 Å². The summed E-state index contributed by atoms with van der Waals surface area (Å²) < 4.78 is 0. The molecule has 0 aliphatic carbocycles. The molecule has 4 N–H and O–H groups in total. The molecule has 4 nitrogen and oxygen atoms in total. The normalized spacial score (nSPS) is 20.8. The zero-order valence-corrected chi connectivity index (χ0v) is 12.9. The summed E-state index contributed by atoms with van der Waals surface area (Å²) in [6.07, 6.45) is 2.44. The average molecular weight is 326 g/mol. The van der Waals surface area contributed by atoms with Gasteiger partial charge in [-0.05, 0) is 39.0 Å². The second kappa shape index (κ2) is 16.9. The van der Waals surface area contributed by atoms with Gasteiger partial charge in [-0.15, -0.1) is 0 Å². The fraction of sp³-hybridized carbons (Fsp3) is 1.00. The molecule has 0 unspecified atom stereocenters. The number of hydrogen-bond donors (Lipinski definition) is 4. The third-order valence-corrected chi connectivity index (χ3v) is 2.37. The summed E-state index contributed by atoms with van der Waals surface area (Å²) in [7, 11) is 9.59. The van der Waals surface area contributed by atoms with Gasteiger partial charge in [-0.3, -0.25) is 0 Å². The average Bonchev–Trinajstić information content (AvgIpc) is 2.33. The topological polar surface area (TPSA) is 48.1 Å². The van der Waals surface area contributed by atoms with Crippen molar-refractivity contribution in [2.75, 3.05) is 52.4 Å². The van der Waals surface area contributed by atoms with Crippen LogP contribution in [0.2, 0.25) is 0 Å². The molecule has 17 heavy (non-hydrogen) atoms. The standard InChI is InChI=1S/C10H24N4.2ClH.Mn/c1-3-11-7-9-13-5-2-6-14-10-8-12-4-1;;;/h11-14H,1-10H2;2*1H;/q;;;+2/p-2. The van der Waals surface area contributed by atoms with E-state index < -0.39 is 0 Å². The molecule has 0 aromatic heterocycles. The summed E-state index contributed by atoms with van der Waals surface area (Å²) in [4.78, 5) is 0. The minimum atomic E-state index is 0.00694. The van der Waals surface area contributed by atoms with Crippen LogP contribution >= 0.6 is 20.2 Å². The number of rotatable bonds is 0. The van der Waals surface area contributed by atoms with Crippen molar-refractivity contribution in [2.24, 2.45) is 0 Å². The van der Waals surface area contributed by atoms with E-state index in [4.69, 9.17) is 20.2 Å². The third-order valence-electron chi connectivity index (χ3n) is 2.37. The van der Waals surface area contributed by atoms with E-state index in [2.05, 4.69) is 21.3 Å². The van der Waals surface area contributed by atoms with Gasteiger partial charge in [0, 0.05) is 26.2 Å². The molecule has 0 bridgehead atoms. The minimum absolute atomic E-state index is 0.00694. The summed E-state index contributed by atoms with van der Waals surface area (Å²) in [5, 5.41) is 13.7. The molecule has 0 aromatic rings. The van der Waals surface area contributed by atoms with E-state index in [0.29, 0.717) is 0 Å². The first-order valence-electron chi connectivity index (χ1n) is 6.11. The van der Waals surface area contributed by atoms with Gasteiger partial charge in [-0.25, -0.2) is 0 Å². The molecule has 0 spiro atoms. The molecule has 1 aliphatic heterocycles. The van der Waals surface area contributed by atoms with Crippen molar-refractivity contribution in [1.82, 2.24) is 21.3 Å². The summed E-state index contributed by atoms with van der Waals surface area (Å²) in [6, 6.07) is 0. The maximum absolute atomic E-state index is 4.80. The van der Waals surface area contributed by atoms with Crippen molar-refractivity contribution in [2.45, 2.75) is 12.8 Å². The van der Waals surface area contributed by atoms with Crippen LogP contribution in [0.4, 0.5) is 0 Å². The number of halogens is 2. The van der Waals surface area contributed by atoms with Crippen molar-refractivity contribution in [1.29, 1.82) is 0 Å². The van der Waals surface area contributed by atoms with Crippen LogP contribution in [0.15, 0.2) is 0 Å². The van der Waals surface area contributed by atoms with Crippen molar-refractivity contribution < 1.29 is 13.1 Å². The second-order valence-corrected chi connectivity index (χ2v) is 5.71. The zero-order chi connectivity index (χ0) is 12.6. The zero-order valence-electron chi connectivity index (χ0n) is 10.2. The van der Waals surface area contributed by atoms with Crippen molar-refractivity contribution >= 4 is 20.2 Å². The van der Waals surface area contributed by atoms with E-state index in [1.807, 2.05) is 0 Å². The van der Waals surface area contributed by atoms with Gasteiger partial charge < -0.3 is 21.3 Å². The summed E-state index contributed by atoms with van der Waals surface area (Å²) in [6.45, 7) is 8.87. The molecule has 7 heteroatoms. The van der Waals surface area contributed by atoms with E-state index in [9.17, 15) is 0 Å².